The van der Waals surface area contributed by atoms with Crippen LogP contribution in [0.15, 0.2) is 29.6 Å². The number of rotatable bonds is 7. The lowest BCUT2D eigenvalue weighted by molar-refractivity contribution is 0.268. The van der Waals surface area contributed by atoms with Gasteiger partial charge < -0.3 is 9.67 Å². The smallest absolute Gasteiger partial charge is 0.168 e. The van der Waals surface area contributed by atoms with Crippen LogP contribution in [0, 0.1) is 11.6 Å². The lowest BCUT2D eigenvalue weighted by Gasteiger charge is -2.10. The van der Waals surface area contributed by atoms with Crippen LogP contribution in [-0.2, 0) is 18.9 Å². The molecule has 0 atom stereocenters. The average molecular weight is 312 g/mol. The molecule has 0 aliphatic heterocycles. The van der Waals surface area contributed by atoms with Gasteiger partial charge in [0.05, 0.1) is 18.5 Å². The molecule has 1 heterocycles. The second-order valence-electron chi connectivity index (χ2n) is 4.68. The van der Waals surface area contributed by atoms with Crippen molar-refractivity contribution in [3.05, 3.63) is 47.3 Å². The molecule has 0 saturated carbocycles. The molecule has 1 aromatic heterocycles. The van der Waals surface area contributed by atoms with Crippen molar-refractivity contribution in [3.8, 4) is 0 Å². The number of benzene rings is 1. The summed E-state index contributed by atoms with van der Waals surface area (Å²) in [5.41, 5.74) is 0.776. The van der Waals surface area contributed by atoms with E-state index in [9.17, 15) is 13.9 Å². The SMILES string of the molecule is CCCCn1c(CO)cnc1SCc1c(F)cccc1F. The third-order valence-electron chi connectivity index (χ3n) is 3.21. The first-order chi connectivity index (χ1) is 10.2. The molecule has 1 aromatic carbocycles. The number of hydrogen-bond acceptors (Lipinski definition) is 3. The fourth-order valence-electron chi connectivity index (χ4n) is 2.00. The van der Waals surface area contributed by atoms with Crippen molar-refractivity contribution in [2.24, 2.45) is 0 Å². The second-order valence-corrected chi connectivity index (χ2v) is 5.63. The van der Waals surface area contributed by atoms with Crippen LogP contribution in [0.4, 0.5) is 8.78 Å². The number of imidazole rings is 1. The van der Waals surface area contributed by atoms with E-state index in [1.54, 1.807) is 6.20 Å². The van der Waals surface area contributed by atoms with Crippen LogP contribution in [0.1, 0.15) is 31.0 Å². The van der Waals surface area contributed by atoms with Crippen molar-refractivity contribution in [1.29, 1.82) is 0 Å². The molecule has 0 fully saturated rings. The Hall–Kier alpha value is -1.40. The van der Waals surface area contributed by atoms with E-state index < -0.39 is 11.6 Å². The van der Waals surface area contributed by atoms with Gasteiger partial charge in [-0.15, -0.1) is 0 Å². The standard InChI is InChI=1S/C15H18F2N2OS/c1-2-3-7-19-11(9-20)8-18-15(19)21-10-12-13(16)5-4-6-14(12)17/h4-6,8,20H,2-3,7,9-10H2,1H3. The Morgan fingerprint density at radius 2 is 2.00 bits per heavy atom. The van der Waals surface area contributed by atoms with Crippen LogP contribution >= 0.6 is 11.8 Å². The Balaban J connectivity index is 2.14. The number of unbranched alkanes of at least 4 members (excludes halogenated alkanes) is 1. The van der Waals surface area contributed by atoms with E-state index in [4.69, 9.17) is 0 Å². The molecule has 0 amide bonds. The van der Waals surface area contributed by atoms with E-state index in [1.807, 2.05) is 4.57 Å². The van der Waals surface area contributed by atoms with Crippen molar-refractivity contribution in [2.75, 3.05) is 0 Å². The minimum atomic E-state index is -0.545. The molecule has 1 N–H and O–H groups in total. The van der Waals surface area contributed by atoms with Gasteiger partial charge in [-0.3, -0.25) is 0 Å². The number of aliphatic hydroxyl groups excluding tert-OH is 1. The highest BCUT2D eigenvalue weighted by molar-refractivity contribution is 7.98. The third-order valence-corrected chi connectivity index (χ3v) is 4.22. The molecule has 0 bridgehead atoms. The second kappa shape index (κ2) is 7.56. The molecule has 2 aromatic rings. The van der Waals surface area contributed by atoms with Gasteiger partial charge in [0.25, 0.3) is 0 Å². The number of hydrogen-bond donors (Lipinski definition) is 1. The molecule has 0 aliphatic carbocycles. The van der Waals surface area contributed by atoms with E-state index in [2.05, 4.69) is 11.9 Å². The summed E-state index contributed by atoms with van der Waals surface area (Å²) >= 11 is 1.28. The molecule has 2 rings (SSSR count). The molecular formula is C15H18F2N2OS. The normalized spacial score (nSPS) is 11.0. The van der Waals surface area contributed by atoms with Crippen LogP contribution in [0.25, 0.3) is 0 Å². The summed E-state index contributed by atoms with van der Waals surface area (Å²) in [6.07, 6.45) is 3.59. The van der Waals surface area contributed by atoms with Crippen molar-refractivity contribution in [1.82, 2.24) is 9.55 Å². The number of halogens is 2. The topological polar surface area (TPSA) is 38.0 Å². The average Bonchev–Trinajstić information content (AvgIpc) is 2.86. The molecule has 0 radical (unpaired) electrons. The predicted molar refractivity (Wildman–Crippen MR) is 79.0 cm³/mol. The van der Waals surface area contributed by atoms with E-state index in [0.29, 0.717) is 5.16 Å². The van der Waals surface area contributed by atoms with Gasteiger partial charge in [0.1, 0.15) is 11.6 Å². The molecule has 0 spiro atoms. The Kier molecular flexibility index (Phi) is 5.76. The van der Waals surface area contributed by atoms with Crippen LogP contribution in [0.3, 0.4) is 0 Å². The molecule has 0 unspecified atom stereocenters. The maximum atomic E-state index is 13.6. The Morgan fingerprint density at radius 3 is 2.62 bits per heavy atom. The highest BCUT2D eigenvalue weighted by Crippen LogP contribution is 2.26. The van der Waals surface area contributed by atoms with Crippen molar-refractivity contribution < 1.29 is 13.9 Å². The zero-order valence-corrected chi connectivity index (χ0v) is 12.7. The van der Waals surface area contributed by atoms with Gasteiger partial charge in [0.15, 0.2) is 5.16 Å². The number of aliphatic hydroxyl groups is 1. The summed E-state index contributed by atoms with van der Waals surface area (Å²) < 4.78 is 29.1. The Bertz CT molecular complexity index is 581. The van der Waals surface area contributed by atoms with Gasteiger partial charge in [0.2, 0.25) is 0 Å². The Morgan fingerprint density at radius 1 is 1.29 bits per heavy atom. The van der Waals surface area contributed by atoms with Crippen molar-refractivity contribution in [2.45, 2.75) is 43.8 Å². The van der Waals surface area contributed by atoms with Crippen LogP contribution in [-0.4, -0.2) is 14.7 Å². The van der Waals surface area contributed by atoms with Gasteiger partial charge in [-0.1, -0.05) is 31.2 Å². The minimum Gasteiger partial charge on any atom is -0.390 e. The van der Waals surface area contributed by atoms with Crippen LogP contribution < -0.4 is 0 Å². The molecule has 114 valence electrons. The monoisotopic (exact) mass is 312 g/mol. The minimum absolute atomic E-state index is 0.0538. The number of aromatic nitrogens is 2. The first-order valence-electron chi connectivity index (χ1n) is 6.88. The zero-order valence-electron chi connectivity index (χ0n) is 11.9. The number of nitrogens with zero attached hydrogens (tertiary/aromatic N) is 2. The summed E-state index contributed by atoms with van der Waals surface area (Å²) in [7, 11) is 0. The van der Waals surface area contributed by atoms with Gasteiger partial charge >= 0.3 is 0 Å². The zero-order chi connectivity index (χ0) is 15.2. The van der Waals surface area contributed by atoms with E-state index >= 15 is 0 Å². The quantitative estimate of drug-likeness (QED) is 0.791. The van der Waals surface area contributed by atoms with E-state index in [1.165, 1.54) is 30.0 Å². The van der Waals surface area contributed by atoms with E-state index in [-0.39, 0.29) is 17.9 Å². The molecule has 0 aliphatic rings. The molecule has 6 heteroatoms. The maximum absolute atomic E-state index is 13.6. The maximum Gasteiger partial charge on any atom is 0.168 e. The first-order valence-corrected chi connectivity index (χ1v) is 7.86. The third kappa shape index (κ3) is 3.83. The first kappa shape index (κ1) is 16.0. The fourth-order valence-corrected chi connectivity index (χ4v) is 3.04. The van der Waals surface area contributed by atoms with Crippen molar-refractivity contribution in [3.63, 3.8) is 0 Å². The van der Waals surface area contributed by atoms with Crippen LogP contribution in [0.2, 0.25) is 0 Å². The lowest BCUT2D eigenvalue weighted by Crippen LogP contribution is -2.05. The lowest BCUT2D eigenvalue weighted by atomic mass is 10.2. The molecule has 3 nitrogen and oxygen atoms in total. The summed E-state index contributed by atoms with van der Waals surface area (Å²) in [4.78, 5) is 4.24. The largest absolute Gasteiger partial charge is 0.390 e. The summed E-state index contributed by atoms with van der Waals surface area (Å²) in [6, 6.07) is 3.86. The van der Waals surface area contributed by atoms with Crippen molar-refractivity contribution >= 4 is 11.8 Å². The molecule has 21 heavy (non-hydrogen) atoms. The fraction of sp³-hybridized carbons (Fsp3) is 0.400. The Labute approximate surface area is 127 Å². The van der Waals surface area contributed by atoms with E-state index in [0.717, 1.165) is 25.1 Å². The summed E-state index contributed by atoms with van der Waals surface area (Å²) in [5.74, 6) is -0.917. The summed E-state index contributed by atoms with van der Waals surface area (Å²) in [6.45, 7) is 2.73. The predicted octanol–water partition coefficient (Wildman–Crippen LogP) is 3.75. The summed E-state index contributed by atoms with van der Waals surface area (Å²) in [5, 5.41) is 9.99. The van der Waals surface area contributed by atoms with Gasteiger partial charge in [-0.2, -0.15) is 0 Å². The molecule has 0 saturated heterocycles. The van der Waals surface area contributed by atoms with Crippen LogP contribution in [0.5, 0.6) is 0 Å². The molecular weight excluding hydrogens is 294 g/mol. The number of thioether (sulfide) groups is 1. The van der Waals surface area contributed by atoms with Gasteiger partial charge in [-0.05, 0) is 18.6 Å². The highest BCUT2D eigenvalue weighted by Gasteiger charge is 2.13. The van der Waals surface area contributed by atoms with Gasteiger partial charge in [-0.25, -0.2) is 13.8 Å². The highest BCUT2D eigenvalue weighted by atomic mass is 32.2. The van der Waals surface area contributed by atoms with Gasteiger partial charge in [0, 0.05) is 17.9 Å².